The van der Waals surface area contributed by atoms with Crippen LogP contribution in [-0.2, 0) is 4.74 Å². The van der Waals surface area contributed by atoms with E-state index in [9.17, 15) is 0 Å². The van der Waals surface area contributed by atoms with Crippen LogP contribution in [0.4, 0.5) is 0 Å². The number of rotatable bonds is 14. The quantitative estimate of drug-likeness (QED) is 0.453. The lowest BCUT2D eigenvalue weighted by atomic mass is 10.00. The van der Waals surface area contributed by atoms with E-state index < -0.39 is 0 Å². The van der Waals surface area contributed by atoms with E-state index in [1.165, 1.54) is 57.8 Å². The summed E-state index contributed by atoms with van der Waals surface area (Å²) in [4.78, 5) is 0. The SMILES string of the molecule is CCCCCCCCCCC(NC)C(CC)OCC. The van der Waals surface area contributed by atoms with Crippen molar-refractivity contribution in [3.8, 4) is 0 Å². The number of hydrogen-bond acceptors (Lipinski definition) is 2. The Morgan fingerprint density at radius 3 is 1.89 bits per heavy atom. The second kappa shape index (κ2) is 14.3. The average Bonchev–Trinajstić information content (AvgIpc) is 2.44. The molecule has 0 spiro atoms. The van der Waals surface area contributed by atoms with Crippen LogP contribution in [0.15, 0.2) is 0 Å². The van der Waals surface area contributed by atoms with Gasteiger partial charge in [0.05, 0.1) is 6.10 Å². The van der Waals surface area contributed by atoms with Gasteiger partial charge in [0.2, 0.25) is 0 Å². The minimum absolute atomic E-state index is 0.388. The maximum absolute atomic E-state index is 5.80. The van der Waals surface area contributed by atoms with Crippen LogP contribution >= 0.6 is 0 Å². The third-order valence-electron chi connectivity index (χ3n) is 3.97. The highest BCUT2D eigenvalue weighted by atomic mass is 16.5. The number of hydrogen-bond donors (Lipinski definition) is 1. The van der Waals surface area contributed by atoms with E-state index in [1.54, 1.807) is 0 Å². The lowest BCUT2D eigenvalue weighted by Crippen LogP contribution is -2.39. The Hall–Kier alpha value is -0.0800. The summed E-state index contributed by atoms with van der Waals surface area (Å²) in [7, 11) is 2.07. The largest absolute Gasteiger partial charge is 0.377 e. The first-order chi connectivity index (χ1) is 9.29. The molecule has 0 aromatic heterocycles. The van der Waals surface area contributed by atoms with E-state index in [1.807, 2.05) is 0 Å². The molecule has 0 fully saturated rings. The van der Waals surface area contributed by atoms with Crippen LogP contribution in [0.1, 0.15) is 85.0 Å². The van der Waals surface area contributed by atoms with E-state index in [2.05, 4.69) is 33.1 Å². The number of ether oxygens (including phenoxy) is 1. The summed E-state index contributed by atoms with van der Waals surface area (Å²) < 4.78 is 5.80. The fourth-order valence-electron chi connectivity index (χ4n) is 2.75. The maximum atomic E-state index is 5.80. The minimum atomic E-state index is 0.388. The monoisotopic (exact) mass is 271 g/mol. The molecule has 2 nitrogen and oxygen atoms in total. The zero-order chi connectivity index (χ0) is 14.3. The van der Waals surface area contributed by atoms with Crippen LogP contribution in [0.2, 0.25) is 0 Å². The van der Waals surface area contributed by atoms with Gasteiger partial charge in [0.25, 0.3) is 0 Å². The molecule has 116 valence electrons. The van der Waals surface area contributed by atoms with Crippen molar-refractivity contribution in [2.45, 2.75) is 97.1 Å². The van der Waals surface area contributed by atoms with Gasteiger partial charge in [-0.05, 0) is 26.8 Å². The van der Waals surface area contributed by atoms with Crippen LogP contribution in [-0.4, -0.2) is 25.8 Å². The van der Waals surface area contributed by atoms with Gasteiger partial charge >= 0.3 is 0 Å². The van der Waals surface area contributed by atoms with Gasteiger partial charge < -0.3 is 10.1 Å². The first kappa shape index (κ1) is 18.9. The van der Waals surface area contributed by atoms with Gasteiger partial charge in [-0.1, -0.05) is 65.2 Å². The molecule has 0 aromatic rings. The number of unbranched alkanes of at least 4 members (excludes halogenated alkanes) is 7. The highest BCUT2D eigenvalue weighted by molar-refractivity contribution is 4.74. The molecule has 0 rings (SSSR count). The standard InChI is InChI=1S/C17H37NO/c1-5-8-9-10-11-12-13-14-15-16(18-4)17(6-2)19-7-3/h16-18H,5-15H2,1-4H3. The fraction of sp³-hybridized carbons (Fsp3) is 1.00. The fourth-order valence-corrected chi connectivity index (χ4v) is 2.75. The Labute approximate surface area is 121 Å². The van der Waals surface area contributed by atoms with Gasteiger partial charge in [0.1, 0.15) is 0 Å². The number of nitrogens with one attached hydrogen (secondary N) is 1. The summed E-state index contributed by atoms with van der Waals surface area (Å²) in [5.41, 5.74) is 0. The highest BCUT2D eigenvalue weighted by Crippen LogP contribution is 2.14. The first-order valence-corrected chi connectivity index (χ1v) is 8.58. The van der Waals surface area contributed by atoms with Gasteiger partial charge in [0, 0.05) is 12.6 Å². The van der Waals surface area contributed by atoms with Crippen molar-refractivity contribution in [3.05, 3.63) is 0 Å². The van der Waals surface area contributed by atoms with Crippen LogP contribution in [0.5, 0.6) is 0 Å². The molecule has 0 bridgehead atoms. The van der Waals surface area contributed by atoms with E-state index >= 15 is 0 Å². The Morgan fingerprint density at radius 2 is 1.42 bits per heavy atom. The molecule has 2 unspecified atom stereocenters. The second-order valence-electron chi connectivity index (χ2n) is 5.56. The molecule has 19 heavy (non-hydrogen) atoms. The van der Waals surface area contributed by atoms with E-state index in [0.717, 1.165) is 13.0 Å². The molecule has 0 radical (unpaired) electrons. The van der Waals surface area contributed by atoms with Crippen molar-refractivity contribution in [2.24, 2.45) is 0 Å². The van der Waals surface area contributed by atoms with Gasteiger partial charge in [-0.25, -0.2) is 0 Å². The highest BCUT2D eigenvalue weighted by Gasteiger charge is 2.17. The van der Waals surface area contributed by atoms with Gasteiger partial charge in [-0.15, -0.1) is 0 Å². The number of likely N-dealkylation sites (N-methyl/N-ethyl adjacent to an activating group) is 1. The molecule has 0 aliphatic rings. The lowest BCUT2D eigenvalue weighted by molar-refractivity contribution is 0.0310. The van der Waals surface area contributed by atoms with Gasteiger partial charge in [0.15, 0.2) is 0 Å². The second-order valence-corrected chi connectivity index (χ2v) is 5.56. The molecule has 2 heteroatoms. The molecule has 0 aliphatic carbocycles. The Balaban J connectivity index is 3.55. The van der Waals surface area contributed by atoms with Crippen LogP contribution < -0.4 is 5.32 Å². The molecule has 2 atom stereocenters. The van der Waals surface area contributed by atoms with Crippen LogP contribution in [0, 0.1) is 0 Å². The normalized spacial score (nSPS) is 14.5. The van der Waals surface area contributed by atoms with Crippen molar-refractivity contribution >= 4 is 0 Å². The molecule has 0 saturated heterocycles. The zero-order valence-corrected chi connectivity index (χ0v) is 13.8. The molecule has 0 saturated carbocycles. The summed E-state index contributed by atoms with van der Waals surface area (Å²) in [5, 5.41) is 3.43. The zero-order valence-electron chi connectivity index (χ0n) is 13.8. The van der Waals surface area contributed by atoms with E-state index in [4.69, 9.17) is 4.74 Å². The molecule has 0 amide bonds. The third kappa shape index (κ3) is 10.4. The predicted molar refractivity (Wildman–Crippen MR) is 85.8 cm³/mol. The first-order valence-electron chi connectivity index (χ1n) is 8.58. The smallest absolute Gasteiger partial charge is 0.0725 e. The summed E-state index contributed by atoms with van der Waals surface area (Å²) in [6.45, 7) is 7.42. The third-order valence-corrected chi connectivity index (χ3v) is 3.97. The molecule has 0 heterocycles. The summed E-state index contributed by atoms with van der Waals surface area (Å²) in [5.74, 6) is 0. The van der Waals surface area contributed by atoms with Gasteiger partial charge in [-0.2, -0.15) is 0 Å². The molecular formula is C17H37NO. The summed E-state index contributed by atoms with van der Waals surface area (Å²) in [6.07, 6.45) is 13.9. The van der Waals surface area contributed by atoms with Crippen molar-refractivity contribution < 1.29 is 4.74 Å². The Morgan fingerprint density at radius 1 is 0.842 bits per heavy atom. The molecule has 0 aliphatic heterocycles. The molecular weight excluding hydrogens is 234 g/mol. The van der Waals surface area contributed by atoms with Crippen molar-refractivity contribution in [3.63, 3.8) is 0 Å². The average molecular weight is 271 g/mol. The van der Waals surface area contributed by atoms with Crippen molar-refractivity contribution in [1.29, 1.82) is 0 Å². The van der Waals surface area contributed by atoms with Crippen molar-refractivity contribution in [1.82, 2.24) is 5.32 Å². The van der Waals surface area contributed by atoms with Gasteiger partial charge in [-0.3, -0.25) is 0 Å². The molecule has 0 aromatic carbocycles. The topological polar surface area (TPSA) is 21.3 Å². The molecule has 1 N–H and O–H groups in total. The summed E-state index contributed by atoms with van der Waals surface area (Å²) in [6, 6.07) is 0.532. The summed E-state index contributed by atoms with van der Waals surface area (Å²) >= 11 is 0. The minimum Gasteiger partial charge on any atom is -0.377 e. The Bertz CT molecular complexity index is 173. The predicted octanol–water partition coefficient (Wildman–Crippen LogP) is 4.92. The van der Waals surface area contributed by atoms with E-state index in [-0.39, 0.29) is 0 Å². The van der Waals surface area contributed by atoms with Crippen molar-refractivity contribution in [2.75, 3.05) is 13.7 Å². The van der Waals surface area contributed by atoms with Crippen LogP contribution in [0.3, 0.4) is 0 Å². The maximum Gasteiger partial charge on any atom is 0.0725 e. The van der Waals surface area contributed by atoms with Crippen LogP contribution in [0.25, 0.3) is 0 Å². The Kier molecular flexibility index (Phi) is 14.3. The lowest BCUT2D eigenvalue weighted by Gasteiger charge is -2.25. The van der Waals surface area contributed by atoms with E-state index in [0.29, 0.717) is 12.1 Å².